The van der Waals surface area contributed by atoms with E-state index in [1.54, 1.807) is 7.11 Å². The Morgan fingerprint density at radius 2 is 1.95 bits per heavy atom. The molecule has 0 aliphatic heterocycles. The zero-order valence-electron chi connectivity index (χ0n) is 12.6. The Kier molecular flexibility index (Phi) is 7.66. The molecule has 0 fully saturated rings. The van der Waals surface area contributed by atoms with Crippen molar-refractivity contribution in [3.05, 3.63) is 29.8 Å². The van der Waals surface area contributed by atoms with E-state index in [4.69, 9.17) is 9.47 Å². The first kappa shape index (κ1) is 16.7. The molecule has 0 amide bonds. The number of hydrogen-bond donors (Lipinski definition) is 0. The van der Waals surface area contributed by atoms with Gasteiger partial charge in [0.1, 0.15) is 0 Å². The predicted octanol–water partition coefficient (Wildman–Crippen LogP) is 2.07. The van der Waals surface area contributed by atoms with Gasteiger partial charge in [-0.05, 0) is 0 Å². The number of methoxy groups -OCH3 is 1. The molecular weight excluding hydrogens is 305 g/mol. The Balaban J connectivity index is 2.72. The van der Waals surface area contributed by atoms with Crippen molar-refractivity contribution in [3.8, 4) is 0 Å². The standard InChI is InChI=1S/C15H25NO2Se/c1-6-18-15(17-5)11-19-14-10-8-7-9-13(14)12(2)16(3)4/h7-10,12,15H,6,11H2,1-5H3/t12-,15+/m1/s1. The molecule has 19 heavy (non-hydrogen) atoms. The summed E-state index contributed by atoms with van der Waals surface area (Å²) in [5.41, 5.74) is 1.42. The van der Waals surface area contributed by atoms with Crippen molar-refractivity contribution in [2.75, 3.05) is 27.8 Å². The fraction of sp³-hybridized carbons (Fsp3) is 0.600. The maximum absolute atomic E-state index is 5.54. The van der Waals surface area contributed by atoms with Gasteiger partial charge in [-0.1, -0.05) is 0 Å². The van der Waals surface area contributed by atoms with E-state index < -0.39 is 0 Å². The Hall–Kier alpha value is -0.381. The Bertz CT molecular complexity index is 371. The minimum atomic E-state index is -0.0762. The van der Waals surface area contributed by atoms with Crippen LogP contribution in [0.4, 0.5) is 0 Å². The molecule has 4 heteroatoms. The van der Waals surface area contributed by atoms with Crippen LogP contribution in [0.25, 0.3) is 0 Å². The van der Waals surface area contributed by atoms with Gasteiger partial charge in [0.2, 0.25) is 0 Å². The molecule has 1 rings (SSSR count). The monoisotopic (exact) mass is 331 g/mol. The van der Waals surface area contributed by atoms with E-state index in [2.05, 4.69) is 50.2 Å². The zero-order chi connectivity index (χ0) is 14.3. The van der Waals surface area contributed by atoms with Crippen LogP contribution in [-0.2, 0) is 9.47 Å². The third-order valence-electron chi connectivity index (χ3n) is 3.13. The maximum atomic E-state index is 5.54. The van der Waals surface area contributed by atoms with Gasteiger partial charge < -0.3 is 0 Å². The van der Waals surface area contributed by atoms with Crippen LogP contribution in [0.1, 0.15) is 25.5 Å². The van der Waals surface area contributed by atoms with Gasteiger partial charge in [-0.15, -0.1) is 0 Å². The topological polar surface area (TPSA) is 21.7 Å². The van der Waals surface area contributed by atoms with Gasteiger partial charge in [0.25, 0.3) is 0 Å². The van der Waals surface area contributed by atoms with Gasteiger partial charge in [0.05, 0.1) is 0 Å². The number of hydrogen-bond acceptors (Lipinski definition) is 3. The summed E-state index contributed by atoms with van der Waals surface area (Å²) < 4.78 is 12.3. The molecule has 0 bridgehead atoms. The van der Waals surface area contributed by atoms with Crippen molar-refractivity contribution in [2.24, 2.45) is 0 Å². The van der Waals surface area contributed by atoms with Crippen molar-refractivity contribution >= 4 is 19.4 Å². The van der Waals surface area contributed by atoms with Crippen LogP contribution in [0.3, 0.4) is 0 Å². The minimum absolute atomic E-state index is 0.0762. The average Bonchev–Trinajstić information content (AvgIpc) is 2.42. The molecule has 0 aliphatic carbocycles. The fourth-order valence-electron chi connectivity index (χ4n) is 1.76. The van der Waals surface area contributed by atoms with Gasteiger partial charge in [-0.2, -0.15) is 0 Å². The van der Waals surface area contributed by atoms with Crippen molar-refractivity contribution < 1.29 is 9.47 Å². The molecule has 0 saturated carbocycles. The van der Waals surface area contributed by atoms with Gasteiger partial charge >= 0.3 is 123 Å². The molecule has 1 aromatic rings. The predicted molar refractivity (Wildman–Crippen MR) is 81.2 cm³/mol. The zero-order valence-corrected chi connectivity index (χ0v) is 14.3. The summed E-state index contributed by atoms with van der Waals surface area (Å²) in [6.45, 7) is 4.94. The molecule has 0 aromatic heterocycles. The molecule has 0 N–H and O–H groups in total. The van der Waals surface area contributed by atoms with Crippen LogP contribution >= 0.6 is 0 Å². The Morgan fingerprint density at radius 3 is 2.53 bits per heavy atom. The van der Waals surface area contributed by atoms with E-state index in [1.165, 1.54) is 10.0 Å². The number of benzene rings is 1. The number of ether oxygens (including phenoxy) is 2. The second-order valence-electron chi connectivity index (χ2n) is 4.61. The molecule has 0 spiro atoms. The van der Waals surface area contributed by atoms with Gasteiger partial charge in [-0.3, -0.25) is 0 Å². The summed E-state index contributed by atoms with van der Waals surface area (Å²) in [5, 5.41) is 0.953. The molecule has 2 atom stereocenters. The molecule has 108 valence electrons. The first-order valence-electron chi connectivity index (χ1n) is 6.62. The first-order valence-corrected chi connectivity index (χ1v) is 8.69. The molecule has 0 unspecified atom stereocenters. The normalized spacial score (nSPS) is 14.6. The van der Waals surface area contributed by atoms with E-state index in [-0.39, 0.29) is 6.29 Å². The van der Waals surface area contributed by atoms with Crippen molar-refractivity contribution in [2.45, 2.75) is 31.5 Å². The first-order chi connectivity index (χ1) is 9.10. The second kappa shape index (κ2) is 8.72. The molecule has 0 saturated heterocycles. The summed E-state index contributed by atoms with van der Waals surface area (Å²) in [5.74, 6) is 0. The van der Waals surface area contributed by atoms with E-state index in [0.29, 0.717) is 27.6 Å². The van der Waals surface area contributed by atoms with E-state index in [1.807, 2.05) is 6.92 Å². The Labute approximate surface area is 123 Å². The summed E-state index contributed by atoms with van der Waals surface area (Å²) in [4.78, 5) is 2.24. The molecule has 0 aliphatic rings. The van der Waals surface area contributed by atoms with Crippen molar-refractivity contribution in [1.82, 2.24) is 4.90 Å². The van der Waals surface area contributed by atoms with Crippen LogP contribution < -0.4 is 4.46 Å². The van der Waals surface area contributed by atoms with Crippen LogP contribution in [0.5, 0.6) is 0 Å². The molecule has 1 aromatic carbocycles. The third-order valence-corrected chi connectivity index (χ3v) is 5.49. The number of rotatable bonds is 8. The van der Waals surface area contributed by atoms with Crippen molar-refractivity contribution in [1.29, 1.82) is 0 Å². The summed E-state index contributed by atoms with van der Waals surface area (Å²) in [7, 11) is 5.95. The fourth-order valence-corrected chi connectivity index (χ4v) is 4.13. The molecule has 0 radical (unpaired) electrons. The molecule has 3 nitrogen and oxygen atoms in total. The van der Waals surface area contributed by atoms with Gasteiger partial charge in [-0.25, -0.2) is 0 Å². The molecular formula is C15H25NO2Se. The summed E-state index contributed by atoms with van der Waals surface area (Å²) in [6.07, 6.45) is -0.0762. The van der Waals surface area contributed by atoms with Crippen LogP contribution in [0, 0.1) is 0 Å². The van der Waals surface area contributed by atoms with E-state index in [9.17, 15) is 0 Å². The average molecular weight is 330 g/mol. The Morgan fingerprint density at radius 1 is 1.26 bits per heavy atom. The SMILES string of the molecule is CCO[C@@H](C[Se]c1ccccc1[C@@H](C)N(C)C)OC. The van der Waals surface area contributed by atoms with Crippen LogP contribution in [0.15, 0.2) is 24.3 Å². The molecule has 0 heterocycles. The summed E-state index contributed by atoms with van der Waals surface area (Å²) in [6, 6.07) is 9.13. The van der Waals surface area contributed by atoms with Gasteiger partial charge in [0, 0.05) is 0 Å². The second-order valence-corrected chi connectivity index (χ2v) is 6.84. The van der Waals surface area contributed by atoms with Gasteiger partial charge in [0.15, 0.2) is 0 Å². The van der Waals surface area contributed by atoms with E-state index in [0.717, 1.165) is 5.32 Å². The van der Waals surface area contributed by atoms with Crippen LogP contribution in [-0.4, -0.2) is 54.0 Å². The number of nitrogens with zero attached hydrogens (tertiary/aromatic N) is 1. The van der Waals surface area contributed by atoms with Crippen LogP contribution in [0.2, 0.25) is 5.32 Å². The third kappa shape index (κ3) is 5.25. The van der Waals surface area contributed by atoms with Crippen molar-refractivity contribution in [3.63, 3.8) is 0 Å². The van der Waals surface area contributed by atoms with E-state index >= 15 is 0 Å². The quantitative estimate of drug-likeness (QED) is 0.538. The summed E-state index contributed by atoms with van der Waals surface area (Å²) >= 11 is 0.372.